The number of nitriles is 1. The predicted octanol–water partition coefficient (Wildman–Crippen LogP) is 3.51. The van der Waals surface area contributed by atoms with Crippen LogP contribution in [0, 0.1) is 11.3 Å². The minimum Gasteiger partial charge on any atom is -0.297 e. The zero-order chi connectivity index (χ0) is 18.2. The van der Waals surface area contributed by atoms with E-state index in [1.807, 2.05) is 24.5 Å². The molecule has 0 N–H and O–H groups in total. The third kappa shape index (κ3) is 5.18. The molecule has 0 saturated carbocycles. The van der Waals surface area contributed by atoms with E-state index in [9.17, 15) is 0 Å². The number of rotatable bonds is 6. The Bertz CT molecular complexity index is 774. The lowest BCUT2D eigenvalue weighted by Gasteiger charge is -2.33. The van der Waals surface area contributed by atoms with Gasteiger partial charge in [0.15, 0.2) is 0 Å². The average Bonchev–Trinajstić information content (AvgIpc) is 2.70. The predicted molar refractivity (Wildman–Crippen MR) is 108 cm³/mol. The van der Waals surface area contributed by atoms with Crippen LogP contribution in [0.5, 0.6) is 0 Å². The minimum absolute atomic E-state index is 0.663. The maximum Gasteiger partial charge on any atom is 0.114 e. The SMILES string of the molecule is CSc1nc(CN2CCN(C/C=C\c3ccccc3)CC2)ccc1C#N. The first-order chi connectivity index (χ1) is 12.8. The summed E-state index contributed by atoms with van der Waals surface area (Å²) in [5.74, 6) is 0. The number of piperazine rings is 1. The Labute approximate surface area is 160 Å². The maximum absolute atomic E-state index is 9.11. The van der Waals surface area contributed by atoms with Gasteiger partial charge in [0, 0.05) is 39.3 Å². The molecule has 5 heteroatoms. The lowest BCUT2D eigenvalue weighted by atomic mass is 10.2. The molecule has 4 nitrogen and oxygen atoms in total. The van der Waals surface area contributed by atoms with Crippen molar-refractivity contribution in [2.45, 2.75) is 11.6 Å². The molecule has 0 aliphatic carbocycles. The molecule has 0 radical (unpaired) electrons. The van der Waals surface area contributed by atoms with Crippen molar-refractivity contribution >= 4 is 17.8 Å². The molecule has 2 heterocycles. The second kappa shape index (κ2) is 9.54. The Hall–Kier alpha value is -2.13. The van der Waals surface area contributed by atoms with Gasteiger partial charge in [-0.3, -0.25) is 9.80 Å². The topological polar surface area (TPSA) is 43.2 Å². The molecule has 0 bridgehead atoms. The molecule has 1 aliphatic heterocycles. The monoisotopic (exact) mass is 364 g/mol. The van der Waals surface area contributed by atoms with Gasteiger partial charge >= 0.3 is 0 Å². The van der Waals surface area contributed by atoms with Crippen molar-refractivity contribution in [1.29, 1.82) is 5.26 Å². The number of hydrogen-bond acceptors (Lipinski definition) is 5. The largest absolute Gasteiger partial charge is 0.297 e. The molecular weight excluding hydrogens is 340 g/mol. The van der Waals surface area contributed by atoms with Crippen molar-refractivity contribution in [2.75, 3.05) is 39.0 Å². The van der Waals surface area contributed by atoms with E-state index in [4.69, 9.17) is 5.26 Å². The highest BCUT2D eigenvalue weighted by Crippen LogP contribution is 2.18. The quantitative estimate of drug-likeness (QED) is 0.734. The number of nitrogens with zero attached hydrogens (tertiary/aromatic N) is 4. The van der Waals surface area contributed by atoms with Gasteiger partial charge in [-0.15, -0.1) is 11.8 Å². The van der Waals surface area contributed by atoms with Crippen molar-refractivity contribution in [2.24, 2.45) is 0 Å². The van der Waals surface area contributed by atoms with Crippen LogP contribution in [-0.2, 0) is 6.54 Å². The van der Waals surface area contributed by atoms with Crippen LogP contribution < -0.4 is 0 Å². The van der Waals surface area contributed by atoms with Gasteiger partial charge in [-0.05, 0) is 24.0 Å². The summed E-state index contributed by atoms with van der Waals surface area (Å²) >= 11 is 1.54. The Balaban J connectivity index is 1.47. The minimum atomic E-state index is 0.663. The van der Waals surface area contributed by atoms with Gasteiger partial charge in [0.2, 0.25) is 0 Å². The lowest BCUT2D eigenvalue weighted by molar-refractivity contribution is 0.135. The molecule has 1 aromatic carbocycles. The molecule has 26 heavy (non-hydrogen) atoms. The highest BCUT2D eigenvalue weighted by atomic mass is 32.2. The third-order valence-corrected chi connectivity index (χ3v) is 5.25. The van der Waals surface area contributed by atoms with Crippen LogP contribution in [0.2, 0.25) is 0 Å². The van der Waals surface area contributed by atoms with Crippen molar-refractivity contribution < 1.29 is 0 Å². The van der Waals surface area contributed by atoms with Crippen LogP contribution in [0.1, 0.15) is 16.8 Å². The summed E-state index contributed by atoms with van der Waals surface area (Å²) in [5, 5.41) is 9.94. The normalized spacial score (nSPS) is 16.0. The smallest absolute Gasteiger partial charge is 0.114 e. The van der Waals surface area contributed by atoms with E-state index in [2.05, 4.69) is 57.3 Å². The lowest BCUT2D eigenvalue weighted by Crippen LogP contribution is -2.45. The van der Waals surface area contributed by atoms with Crippen molar-refractivity contribution in [3.63, 3.8) is 0 Å². The van der Waals surface area contributed by atoms with E-state index < -0.39 is 0 Å². The van der Waals surface area contributed by atoms with Gasteiger partial charge in [-0.25, -0.2) is 4.98 Å². The molecule has 1 aliphatic rings. The van der Waals surface area contributed by atoms with E-state index in [-0.39, 0.29) is 0 Å². The molecule has 1 aromatic heterocycles. The van der Waals surface area contributed by atoms with Gasteiger partial charge in [0.25, 0.3) is 0 Å². The molecule has 0 unspecified atom stereocenters. The van der Waals surface area contributed by atoms with Crippen LogP contribution in [0.15, 0.2) is 53.6 Å². The summed E-state index contributed by atoms with van der Waals surface area (Å²) < 4.78 is 0. The summed E-state index contributed by atoms with van der Waals surface area (Å²) in [5.41, 5.74) is 2.96. The third-order valence-electron chi connectivity index (χ3n) is 4.56. The molecular formula is C21H24N4S. The maximum atomic E-state index is 9.11. The highest BCUT2D eigenvalue weighted by Gasteiger charge is 2.17. The molecule has 0 amide bonds. The summed E-state index contributed by atoms with van der Waals surface area (Å²) in [7, 11) is 0. The fourth-order valence-electron chi connectivity index (χ4n) is 3.07. The Morgan fingerprint density at radius 1 is 1.08 bits per heavy atom. The fourth-order valence-corrected chi connectivity index (χ4v) is 3.61. The first-order valence-corrected chi connectivity index (χ1v) is 10.1. The Kier molecular flexibility index (Phi) is 6.84. The van der Waals surface area contributed by atoms with Crippen LogP contribution in [-0.4, -0.2) is 53.8 Å². The molecule has 1 saturated heterocycles. The molecule has 1 fully saturated rings. The van der Waals surface area contributed by atoms with E-state index in [0.29, 0.717) is 5.56 Å². The van der Waals surface area contributed by atoms with E-state index in [0.717, 1.165) is 50.0 Å². The summed E-state index contributed by atoms with van der Waals surface area (Å²) in [6.07, 6.45) is 6.41. The Morgan fingerprint density at radius 2 is 1.81 bits per heavy atom. The van der Waals surface area contributed by atoms with E-state index >= 15 is 0 Å². The number of pyridine rings is 1. The molecule has 3 rings (SSSR count). The standard InChI is InChI=1S/C21H24N4S/c1-26-21-19(16-22)9-10-20(23-21)17-25-14-12-24(13-15-25)11-5-8-18-6-3-2-4-7-18/h2-10H,11-15,17H2,1H3/b8-5-. The first-order valence-electron chi connectivity index (χ1n) is 8.89. The van der Waals surface area contributed by atoms with Crippen LogP contribution in [0.25, 0.3) is 6.08 Å². The van der Waals surface area contributed by atoms with Gasteiger partial charge < -0.3 is 0 Å². The molecule has 0 spiro atoms. The zero-order valence-corrected chi connectivity index (χ0v) is 16.0. The van der Waals surface area contributed by atoms with Crippen LogP contribution in [0.4, 0.5) is 0 Å². The summed E-state index contributed by atoms with van der Waals surface area (Å²) in [6, 6.07) is 16.5. The number of thioether (sulfide) groups is 1. The summed E-state index contributed by atoms with van der Waals surface area (Å²) in [4.78, 5) is 9.55. The second-order valence-electron chi connectivity index (χ2n) is 6.36. The van der Waals surface area contributed by atoms with Crippen molar-refractivity contribution in [1.82, 2.24) is 14.8 Å². The number of benzene rings is 1. The van der Waals surface area contributed by atoms with Gasteiger partial charge in [-0.2, -0.15) is 5.26 Å². The first kappa shape index (κ1) is 18.7. The average molecular weight is 365 g/mol. The van der Waals surface area contributed by atoms with Crippen LogP contribution >= 0.6 is 11.8 Å². The fraction of sp³-hybridized carbons (Fsp3) is 0.333. The van der Waals surface area contributed by atoms with Gasteiger partial charge in [0.05, 0.1) is 11.3 Å². The van der Waals surface area contributed by atoms with Gasteiger partial charge in [-0.1, -0.05) is 42.5 Å². The van der Waals surface area contributed by atoms with Crippen molar-refractivity contribution in [3.8, 4) is 6.07 Å². The number of aromatic nitrogens is 1. The summed E-state index contributed by atoms with van der Waals surface area (Å²) in [6.45, 7) is 6.10. The van der Waals surface area contributed by atoms with Gasteiger partial charge in [0.1, 0.15) is 11.1 Å². The van der Waals surface area contributed by atoms with E-state index in [1.54, 1.807) is 0 Å². The van der Waals surface area contributed by atoms with E-state index in [1.165, 1.54) is 17.3 Å². The molecule has 0 atom stereocenters. The molecule has 134 valence electrons. The van der Waals surface area contributed by atoms with Crippen LogP contribution in [0.3, 0.4) is 0 Å². The second-order valence-corrected chi connectivity index (χ2v) is 7.16. The molecule has 2 aromatic rings. The Morgan fingerprint density at radius 3 is 2.50 bits per heavy atom. The highest BCUT2D eigenvalue weighted by molar-refractivity contribution is 7.98. The zero-order valence-electron chi connectivity index (χ0n) is 15.1. The van der Waals surface area contributed by atoms with Crippen molar-refractivity contribution in [3.05, 3.63) is 65.4 Å². The number of hydrogen-bond donors (Lipinski definition) is 0.